The fraction of sp³-hybridized carbons (Fsp3) is 0.174. The highest BCUT2D eigenvalue weighted by Gasteiger charge is 2.18. The van der Waals surface area contributed by atoms with Gasteiger partial charge >= 0.3 is 0 Å². The standard InChI is InChI=1S/C23H21FN6O3S2/c1-2-33-18-8-6-17(7-9-18)30-19(13-26-21(32)15-4-3-5-16(24)12-15)28-29-23(30)35-14-20(31)27-22-25-10-11-34-22/h3-12H,2,13-14H2,1H3,(H,26,32)(H,25,27,31). The number of anilines is 1. The first-order chi connectivity index (χ1) is 17.0. The van der Waals surface area contributed by atoms with Gasteiger partial charge in [0.25, 0.3) is 5.91 Å². The number of hydrogen-bond donors (Lipinski definition) is 2. The van der Waals surface area contributed by atoms with Crippen molar-refractivity contribution in [2.45, 2.75) is 18.6 Å². The summed E-state index contributed by atoms with van der Waals surface area (Å²) in [5, 5.41) is 16.7. The molecule has 2 amide bonds. The number of nitrogens with one attached hydrogen (secondary N) is 2. The van der Waals surface area contributed by atoms with Crippen molar-refractivity contribution < 1.29 is 18.7 Å². The molecule has 2 N–H and O–H groups in total. The van der Waals surface area contributed by atoms with E-state index in [1.54, 1.807) is 16.1 Å². The van der Waals surface area contributed by atoms with Crippen LogP contribution in [0.1, 0.15) is 23.1 Å². The molecule has 9 nitrogen and oxygen atoms in total. The van der Waals surface area contributed by atoms with E-state index in [1.807, 2.05) is 31.2 Å². The summed E-state index contributed by atoms with van der Waals surface area (Å²) in [6.45, 7) is 2.48. The predicted molar refractivity (Wildman–Crippen MR) is 132 cm³/mol. The number of amides is 2. The number of thioether (sulfide) groups is 1. The van der Waals surface area contributed by atoms with Gasteiger partial charge in [-0.3, -0.25) is 14.2 Å². The summed E-state index contributed by atoms with van der Waals surface area (Å²) in [6, 6.07) is 12.7. The third kappa shape index (κ3) is 6.43. The lowest BCUT2D eigenvalue weighted by Gasteiger charge is -2.12. The van der Waals surface area contributed by atoms with Gasteiger partial charge in [-0.1, -0.05) is 17.8 Å². The van der Waals surface area contributed by atoms with E-state index in [0.29, 0.717) is 28.5 Å². The number of hydrogen-bond acceptors (Lipinski definition) is 8. The number of carbonyl (C=O) groups excluding carboxylic acids is 2. The zero-order valence-corrected chi connectivity index (χ0v) is 20.2. The van der Waals surface area contributed by atoms with Crippen LogP contribution >= 0.6 is 23.1 Å². The zero-order valence-electron chi connectivity index (χ0n) is 18.6. The first kappa shape index (κ1) is 24.4. The maximum Gasteiger partial charge on any atom is 0.251 e. The molecular formula is C23H21FN6O3S2. The molecule has 0 saturated carbocycles. The van der Waals surface area contributed by atoms with Gasteiger partial charge in [-0.2, -0.15) is 0 Å². The maximum atomic E-state index is 13.5. The van der Waals surface area contributed by atoms with Crippen LogP contribution in [-0.4, -0.2) is 43.9 Å². The van der Waals surface area contributed by atoms with E-state index in [1.165, 1.54) is 41.3 Å². The summed E-state index contributed by atoms with van der Waals surface area (Å²) >= 11 is 2.53. The molecule has 2 heterocycles. The summed E-state index contributed by atoms with van der Waals surface area (Å²) in [5.41, 5.74) is 0.932. The van der Waals surface area contributed by atoms with Gasteiger partial charge in [-0.05, 0) is 49.4 Å². The summed E-state index contributed by atoms with van der Waals surface area (Å²) in [4.78, 5) is 28.9. The van der Waals surface area contributed by atoms with Gasteiger partial charge in [0.15, 0.2) is 16.1 Å². The zero-order chi connectivity index (χ0) is 24.6. The molecule has 12 heteroatoms. The largest absolute Gasteiger partial charge is 0.494 e. The number of nitrogens with zero attached hydrogens (tertiary/aromatic N) is 4. The van der Waals surface area contributed by atoms with E-state index in [2.05, 4.69) is 25.8 Å². The SMILES string of the molecule is CCOc1ccc(-n2c(CNC(=O)c3cccc(F)c3)nnc2SCC(=O)Nc2nccs2)cc1. The second-order valence-corrected chi connectivity index (χ2v) is 8.87. The Labute approximate surface area is 208 Å². The minimum absolute atomic E-state index is 0.0431. The third-order valence-corrected chi connectivity index (χ3v) is 6.23. The lowest BCUT2D eigenvalue weighted by molar-refractivity contribution is -0.113. The van der Waals surface area contributed by atoms with Gasteiger partial charge < -0.3 is 15.4 Å². The average Bonchev–Trinajstić information content (AvgIpc) is 3.52. The summed E-state index contributed by atoms with van der Waals surface area (Å²) < 4.78 is 20.7. The van der Waals surface area contributed by atoms with Crippen LogP contribution in [-0.2, 0) is 11.3 Å². The van der Waals surface area contributed by atoms with Gasteiger partial charge in [0.2, 0.25) is 5.91 Å². The van der Waals surface area contributed by atoms with Crippen LogP contribution in [0.4, 0.5) is 9.52 Å². The van der Waals surface area contributed by atoms with E-state index in [4.69, 9.17) is 4.74 Å². The number of thiazole rings is 1. The van der Waals surface area contributed by atoms with Crippen molar-refractivity contribution in [3.8, 4) is 11.4 Å². The summed E-state index contributed by atoms with van der Waals surface area (Å²) in [6.07, 6.45) is 1.61. The molecule has 0 bridgehead atoms. The van der Waals surface area contributed by atoms with Gasteiger partial charge in [0.05, 0.1) is 18.9 Å². The molecule has 35 heavy (non-hydrogen) atoms. The Bertz CT molecular complexity index is 1300. The van der Waals surface area contributed by atoms with Crippen LogP contribution in [0.15, 0.2) is 65.3 Å². The van der Waals surface area contributed by atoms with Crippen LogP contribution in [0.5, 0.6) is 5.75 Å². The van der Waals surface area contributed by atoms with E-state index in [0.717, 1.165) is 11.8 Å². The van der Waals surface area contributed by atoms with Crippen molar-refractivity contribution >= 4 is 40.0 Å². The molecule has 0 aliphatic carbocycles. The molecule has 4 aromatic rings. The van der Waals surface area contributed by atoms with Gasteiger partial charge in [-0.25, -0.2) is 9.37 Å². The van der Waals surface area contributed by atoms with Crippen LogP contribution < -0.4 is 15.4 Å². The van der Waals surface area contributed by atoms with E-state index >= 15 is 0 Å². The third-order valence-electron chi connectivity index (χ3n) is 4.61. The number of aromatic nitrogens is 4. The van der Waals surface area contributed by atoms with E-state index in [-0.39, 0.29) is 23.8 Å². The fourth-order valence-corrected chi connectivity index (χ4v) is 4.40. The number of rotatable bonds is 10. The van der Waals surface area contributed by atoms with E-state index < -0.39 is 11.7 Å². The second kappa shape index (κ2) is 11.6. The Morgan fingerprint density at radius 3 is 2.71 bits per heavy atom. The Morgan fingerprint density at radius 2 is 2.00 bits per heavy atom. The molecule has 0 atom stereocenters. The molecule has 0 fully saturated rings. The Kier molecular flexibility index (Phi) is 8.06. The highest BCUT2D eigenvalue weighted by molar-refractivity contribution is 7.99. The highest BCUT2D eigenvalue weighted by atomic mass is 32.2. The molecular weight excluding hydrogens is 491 g/mol. The van der Waals surface area contributed by atoms with Crippen molar-refractivity contribution in [2.24, 2.45) is 0 Å². The molecule has 0 radical (unpaired) electrons. The molecule has 180 valence electrons. The average molecular weight is 513 g/mol. The first-order valence-electron chi connectivity index (χ1n) is 10.6. The van der Waals surface area contributed by atoms with Gasteiger partial charge in [0.1, 0.15) is 11.6 Å². The maximum absolute atomic E-state index is 13.5. The lowest BCUT2D eigenvalue weighted by atomic mass is 10.2. The van der Waals surface area contributed by atoms with E-state index in [9.17, 15) is 14.0 Å². The first-order valence-corrected chi connectivity index (χ1v) is 12.4. The molecule has 0 aliphatic rings. The molecule has 2 aromatic heterocycles. The normalized spacial score (nSPS) is 10.7. The number of halogens is 1. The smallest absolute Gasteiger partial charge is 0.251 e. The Balaban J connectivity index is 1.52. The van der Waals surface area contributed by atoms with Crippen molar-refractivity contribution in [1.82, 2.24) is 25.1 Å². The summed E-state index contributed by atoms with van der Waals surface area (Å²) in [5.74, 6) is 0.0774. The van der Waals surface area contributed by atoms with Gasteiger partial charge in [-0.15, -0.1) is 21.5 Å². The minimum atomic E-state index is -0.495. The number of ether oxygens (including phenoxy) is 1. The van der Waals surface area contributed by atoms with Crippen molar-refractivity contribution in [1.29, 1.82) is 0 Å². The van der Waals surface area contributed by atoms with Crippen LogP contribution in [0.3, 0.4) is 0 Å². The quantitative estimate of drug-likeness (QED) is 0.310. The fourth-order valence-electron chi connectivity index (χ4n) is 3.09. The second-order valence-electron chi connectivity index (χ2n) is 7.03. The van der Waals surface area contributed by atoms with Crippen molar-refractivity contribution in [3.63, 3.8) is 0 Å². The lowest BCUT2D eigenvalue weighted by Crippen LogP contribution is -2.24. The minimum Gasteiger partial charge on any atom is -0.494 e. The number of carbonyl (C=O) groups is 2. The topological polar surface area (TPSA) is 111 Å². The molecule has 0 saturated heterocycles. The molecule has 4 rings (SSSR count). The Hall–Kier alpha value is -3.77. The monoisotopic (exact) mass is 512 g/mol. The highest BCUT2D eigenvalue weighted by Crippen LogP contribution is 2.24. The molecule has 0 aliphatic heterocycles. The van der Waals surface area contributed by atoms with Crippen molar-refractivity contribution in [3.05, 3.63) is 77.3 Å². The van der Waals surface area contributed by atoms with Gasteiger partial charge in [0, 0.05) is 22.8 Å². The predicted octanol–water partition coefficient (Wildman–Crippen LogP) is 3.92. The van der Waals surface area contributed by atoms with Crippen LogP contribution in [0, 0.1) is 5.82 Å². The molecule has 2 aromatic carbocycles. The van der Waals surface area contributed by atoms with Crippen molar-refractivity contribution in [2.75, 3.05) is 17.7 Å². The molecule has 0 unspecified atom stereocenters. The molecule has 0 spiro atoms. The Morgan fingerprint density at radius 1 is 1.17 bits per heavy atom. The van der Waals surface area contributed by atoms with Crippen LogP contribution in [0.25, 0.3) is 5.69 Å². The van der Waals surface area contributed by atoms with Crippen LogP contribution in [0.2, 0.25) is 0 Å². The number of benzene rings is 2. The summed E-state index contributed by atoms with van der Waals surface area (Å²) in [7, 11) is 0.